The van der Waals surface area contributed by atoms with Gasteiger partial charge >= 0.3 is 12.1 Å². The molecule has 0 amide bonds. The van der Waals surface area contributed by atoms with E-state index in [0.717, 1.165) is 6.07 Å². The van der Waals surface area contributed by atoms with Gasteiger partial charge in [-0.25, -0.2) is 8.78 Å². The van der Waals surface area contributed by atoms with Crippen molar-refractivity contribution in [2.45, 2.75) is 29.8 Å². The van der Waals surface area contributed by atoms with Crippen LogP contribution in [-0.4, -0.2) is 36.0 Å². The van der Waals surface area contributed by atoms with Gasteiger partial charge in [0, 0.05) is 12.0 Å². The van der Waals surface area contributed by atoms with Crippen molar-refractivity contribution >= 4 is 0 Å². The standard InChI is InChI=1S/C13H12F7NO2/c14-5-10(6-15)11(21,22)4-7-3-8(1-2-9(7)23-10)12(16,17)13(18,19)20/h1-3,22H,4-6,21H2. The molecule has 1 atom stereocenters. The Morgan fingerprint density at radius 2 is 1.70 bits per heavy atom. The molecule has 1 aromatic carbocycles. The molecule has 0 spiro atoms. The largest absolute Gasteiger partial charge is 0.477 e. The highest BCUT2D eigenvalue weighted by Crippen LogP contribution is 2.46. The summed E-state index contributed by atoms with van der Waals surface area (Å²) < 4.78 is 94.9. The summed E-state index contributed by atoms with van der Waals surface area (Å²) >= 11 is 0. The Balaban J connectivity index is 2.49. The van der Waals surface area contributed by atoms with Crippen LogP contribution >= 0.6 is 0 Å². The van der Waals surface area contributed by atoms with Gasteiger partial charge in [0.1, 0.15) is 19.1 Å². The number of aliphatic hydroxyl groups is 1. The highest BCUT2D eigenvalue weighted by atomic mass is 19.4. The van der Waals surface area contributed by atoms with E-state index in [4.69, 9.17) is 10.5 Å². The SMILES string of the molecule is NC1(O)Cc2cc(C(F)(F)C(F)(F)F)ccc2OC1(CF)CF. The molecule has 3 nitrogen and oxygen atoms in total. The Labute approximate surface area is 125 Å². The second kappa shape index (κ2) is 5.23. The molecule has 0 radical (unpaired) electrons. The Hall–Kier alpha value is -1.55. The van der Waals surface area contributed by atoms with Crippen molar-refractivity contribution in [3.8, 4) is 5.75 Å². The van der Waals surface area contributed by atoms with Crippen molar-refractivity contribution in [1.29, 1.82) is 0 Å². The van der Waals surface area contributed by atoms with Crippen LogP contribution in [-0.2, 0) is 12.3 Å². The highest BCUT2D eigenvalue weighted by molar-refractivity contribution is 5.43. The van der Waals surface area contributed by atoms with Crippen LogP contribution < -0.4 is 10.5 Å². The van der Waals surface area contributed by atoms with Crippen molar-refractivity contribution in [3.05, 3.63) is 29.3 Å². The summed E-state index contributed by atoms with van der Waals surface area (Å²) in [6, 6.07) is 1.62. The minimum atomic E-state index is -5.82. The fraction of sp³-hybridized carbons (Fsp3) is 0.538. The molecule has 0 aromatic heterocycles. The third kappa shape index (κ3) is 2.63. The number of ether oxygens (including phenoxy) is 1. The molecule has 0 fully saturated rings. The maximum Gasteiger partial charge on any atom is 0.458 e. The minimum absolute atomic E-state index is 0.311. The summed E-state index contributed by atoms with van der Waals surface area (Å²) in [5.74, 6) is -5.46. The summed E-state index contributed by atoms with van der Waals surface area (Å²) in [7, 11) is 0. The summed E-state index contributed by atoms with van der Waals surface area (Å²) in [4.78, 5) is 0. The van der Waals surface area contributed by atoms with Gasteiger partial charge in [0.15, 0.2) is 5.72 Å². The first kappa shape index (κ1) is 17.8. The third-order valence-electron chi connectivity index (χ3n) is 3.77. The van der Waals surface area contributed by atoms with Crippen LogP contribution in [0.2, 0.25) is 0 Å². The average Bonchev–Trinajstić information content (AvgIpc) is 2.43. The van der Waals surface area contributed by atoms with E-state index in [0.29, 0.717) is 12.1 Å². The normalized spacial score (nSPS) is 24.0. The number of fused-ring (bicyclic) bond motifs is 1. The number of alkyl halides is 7. The number of benzene rings is 1. The lowest BCUT2D eigenvalue weighted by Gasteiger charge is -2.45. The van der Waals surface area contributed by atoms with Gasteiger partial charge in [-0.3, -0.25) is 5.73 Å². The molecule has 1 aromatic rings. The van der Waals surface area contributed by atoms with Crippen molar-refractivity contribution in [1.82, 2.24) is 0 Å². The van der Waals surface area contributed by atoms with Crippen LogP contribution in [0.15, 0.2) is 18.2 Å². The summed E-state index contributed by atoms with van der Waals surface area (Å²) in [5.41, 5.74) is -1.39. The van der Waals surface area contributed by atoms with E-state index in [9.17, 15) is 35.8 Å². The number of hydrogen-bond acceptors (Lipinski definition) is 3. The van der Waals surface area contributed by atoms with Crippen molar-refractivity contribution in [3.63, 3.8) is 0 Å². The molecule has 130 valence electrons. The lowest BCUT2D eigenvalue weighted by molar-refractivity contribution is -0.289. The molecule has 1 unspecified atom stereocenters. The van der Waals surface area contributed by atoms with Gasteiger partial charge in [-0.2, -0.15) is 22.0 Å². The van der Waals surface area contributed by atoms with E-state index in [1.54, 1.807) is 0 Å². The van der Waals surface area contributed by atoms with Gasteiger partial charge in [-0.05, 0) is 23.8 Å². The molecule has 23 heavy (non-hydrogen) atoms. The van der Waals surface area contributed by atoms with E-state index in [2.05, 4.69) is 0 Å². The Bertz CT molecular complexity index is 596. The topological polar surface area (TPSA) is 55.5 Å². The predicted octanol–water partition coefficient (Wildman–Crippen LogP) is 2.60. The zero-order valence-corrected chi connectivity index (χ0v) is 11.4. The number of halogens is 7. The zero-order chi connectivity index (χ0) is 17.7. The maximum atomic E-state index is 13.3. The number of nitrogens with two attached hydrogens (primary N) is 1. The highest BCUT2D eigenvalue weighted by Gasteiger charge is 2.59. The molecule has 0 aliphatic carbocycles. The lowest BCUT2D eigenvalue weighted by atomic mass is 9.83. The molecule has 1 aliphatic heterocycles. The van der Waals surface area contributed by atoms with Gasteiger partial charge < -0.3 is 9.84 Å². The smallest absolute Gasteiger partial charge is 0.458 e. The van der Waals surface area contributed by atoms with Crippen molar-refractivity contribution in [2.75, 3.05) is 13.3 Å². The molecule has 2 rings (SSSR count). The maximum absolute atomic E-state index is 13.3. The summed E-state index contributed by atoms with van der Waals surface area (Å²) in [5, 5.41) is 9.95. The Morgan fingerprint density at radius 1 is 1.13 bits per heavy atom. The molecule has 10 heteroatoms. The molecular formula is C13H12F7NO2. The van der Waals surface area contributed by atoms with Crippen LogP contribution in [0.3, 0.4) is 0 Å². The van der Waals surface area contributed by atoms with E-state index in [-0.39, 0.29) is 11.3 Å². The molecule has 0 saturated heterocycles. The fourth-order valence-electron chi connectivity index (χ4n) is 2.25. The number of rotatable bonds is 3. The fourth-order valence-corrected chi connectivity index (χ4v) is 2.25. The second-order valence-electron chi connectivity index (χ2n) is 5.36. The first-order valence-electron chi connectivity index (χ1n) is 6.30. The van der Waals surface area contributed by atoms with Gasteiger partial charge in [0.25, 0.3) is 0 Å². The molecular weight excluding hydrogens is 335 g/mol. The van der Waals surface area contributed by atoms with Crippen LogP contribution in [0.5, 0.6) is 5.75 Å². The predicted molar refractivity (Wildman–Crippen MR) is 64.5 cm³/mol. The molecule has 1 aliphatic rings. The quantitative estimate of drug-likeness (QED) is 0.653. The Kier molecular flexibility index (Phi) is 4.05. The summed E-state index contributed by atoms with van der Waals surface area (Å²) in [6.07, 6.45) is -6.57. The molecule has 0 bridgehead atoms. The monoisotopic (exact) mass is 347 g/mol. The zero-order valence-electron chi connectivity index (χ0n) is 11.4. The number of hydrogen-bond donors (Lipinski definition) is 2. The second-order valence-corrected chi connectivity index (χ2v) is 5.36. The van der Waals surface area contributed by atoms with Crippen LogP contribution in [0, 0.1) is 0 Å². The lowest BCUT2D eigenvalue weighted by Crippen LogP contribution is -2.69. The van der Waals surface area contributed by atoms with Crippen LogP contribution in [0.1, 0.15) is 11.1 Å². The first-order chi connectivity index (χ1) is 10.4. The molecule has 0 saturated carbocycles. The van der Waals surface area contributed by atoms with Crippen molar-refractivity contribution in [2.24, 2.45) is 5.73 Å². The van der Waals surface area contributed by atoms with Crippen LogP contribution in [0.25, 0.3) is 0 Å². The van der Waals surface area contributed by atoms with Crippen LogP contribution in [0.4, 0.5) is 30.7 Å². The van der Waals surface area contributed by atoms with E-state index in [1.807, 2.05) is 0 Å². The van der Waals surface area contributed by atoms with E-state index >= 15 is 0 Å². The van der Waals surface area contributed by atoms with Gasteiger partial charge in [0.05, 0.1) is 0 Å². The minimum Gasteiger partial charge on any atom is -0.477 e. The van der Waals surface area contributed by atoms with Gasteiger partial charge in [-0.15, -0.1) is 0 Å². The van der Waals surface area contributed by atoms with Crippen molar-refractivity contribution < 1.29 is 40.6 Å². The van der Waals surface area contributed by atoms with E-state index < -0.39 is 48.8 Å². The molecule has 1 heterocycles. The van der Waals surface area contributed by atoms with E-state index in [1.165, 1.54) is 0 Å². The third-order valence-corrected chi connectivity index (χ3v) is 3.77. The average molecular weight is 347 g/mol. The van der Waals surface area contributed by atoms with Gasteiger partial charge in [0.2, 0.25) is 5.60 Å². The van der Waals surface area contributed by atoms with Gasteiger partial charge in [-0.1, -0.05) is 0 Å². The molecule has 3 N–H and O–H groups in total. The first-order valence-corrected chi connectivity index (χ1v) is 6.30. The Morgan fingerprint density at radius 3 is 2.17 bits per heavy atom. The summed E-state index contributed by atoms with van der Waals surface area (Å²) in [6.45, 7) is -3.03.